The number of nitrogens with zero attached hydrogens (tertiary/aromatic N) is 1. The van der Waals surface area contributed by atoms with Crippen LogP contribution in [0, 0.1) is 0 Å². The first-order valence-corrected chi connectivity index (χ1v) is 11.4. The average molecular weight is 333 g/mol. The number of carbonyl (C=O) groups is 1. The molecule has 0 unspecified atom stereocenters. The molecule has 1 heterocycles. The summed E-state index contributed by atoms with van der Waals surface area (Å²) in [5, 5.41) is 10.2. The quantitative estimate of drug-likeness (QED) is 0.625. The van der Waals surface area contributed by atoms with Crippen LogP contribution < -0.4 is 5.56 Å². The molecule has 0 bridgehead atoms. The summed E-state index contributed by atoms with van der Waals surface area (Å²) in [6, 6.07) is 8.03. The number of aliphatic carboxylic acids is 1. The van der Waals surface area contributed by atoms with E-state index in [0.29, 0.717) is 22.9 Å². The predicted molar refractivity (Wildman–Crippen MR) is 93.7 cm³/mol. The monoisotopic (exact) mass is 333 g/mol. The van der Waals surface area contributed by atoms with E-state index < -0.39 is 14.0 Å². The highest BCUT2D eigenvalue weighted by Crippen LogP contribution is 2.16. The number of ether oxygens (including phenoxy) is 1. The van der Waals surface area contributed by atoms with Crippen LogP contribution in [0.3, 0.4) is 0 Å². The van der Waals surface area contributed by atoms with Gasteiger partial charge in [0.25, 0.3) is 5.56 Å². The van der Waals surface area contributed by atoms with E-state index in [1.54, 1.807) is 30.5 Å². The zero-order valence-electron chi connectivity index (χ0n) is 13.8. The van der Waals surface area contributed by atoms with Gasteiger partial charge in [0, 0.05) is 26.3 Å². The fourth-order valence-electron chi connectivity index (χ4n) is 2.34. The van der Waals surface area contributed by atoms with Crippen molar-refractivity contribution in [3.63, 3.8) is 0 Å². The molecule has 23 heavy (non-hydrogen) atoms. The molecule has 5 nitrogen and oxygen atoms in total. The van der Waals surface area contributed by atoms with Gasteiger partial charge in [-0.25, -0.2) is 0 Å². The van der Waals surface area contributed by atoms with Crippen molar-refractivity contribution in [1.29, 1.82) is 0 Å². The molecule has 124 valence electrons. The van der Waals surface area contributed by atoms with Crippen molar-refractivity contribution in [2.75, 3.05) is 6.61 Å². The summed E-state index contributed by atoms with van der Waals surface area (Å²) >= 11 is 0. The Bertz CT molecular complexity index is 761. The molecule has 0 amide bonds. The number of aromatic nitrogens is 1. The van der Waals surface area contributed by atoms with Crippen LogP contribution in [-0.2, 0) is 22.7 Å². The van der Waals surface area contributed by atoms with E-state index in [2.05, 4.69) is 19.6 Å². The van der Waals surface area contributed by atoms with E-state index in [1.165, 1.54) is 4.57 Å². The molecule has 1 aromatic heterocycles. The molecule has 0 saturated heterocycles. The summed E-state index contributed by atoms with van der Waals surface area (Å²) in [4.78, 5) is 23.4. The zero-order valence-corrected chi connectivity index (χ0v) is 14.8. The highest BCUT2D eigenvalue weighted by atomic mass is 28.3. The molecular formula is C17H23NO4Si. The van der Waals surface area contributed by atoms with Crippen molar-refractivity contribution < 1.29 is 14.6 Å². The molecule has 1 aromatic carbocycles. The van der Waals surface area contributed by atoms with Crippen molar-refractivity contribution in [1.82, 2.24) is 4.57 Å². The van der Waals surface area contributed by atoms with E-state index in [1.807, 2.05) is 0 Å². The van der Waals surface area contributed by atoms with E-state index in [0.717, 1.165) is 6.04 Å². The van der Waals surface area contributed by atoms with Crippen LogP contribution in [0.5, 0.6) is 0 Å². The Morgan fingerprint density at radius 1 is 1.22 bits per heavy atom. The Hall–Kier alpha value is -1.92. The fourth-order valence-corrected chi connectivity index (χ4v) is 3.10. The first-order chi connectivity index (χ1) is 10.8. The number of benzene rings is 1. The third-order valence-electron chi connectivity index (χ3n) is 3.68. The third-order valence-corrected chi connectivity index (χ3v) is 5.38. The van der Waals surface area contributed by atoms with Crippen LogP contribution in [-0.4, -0.2) is 30.3 Å². The summed E-state index contributed by atoms with van der Waals surface area (Å²) in [6.45, 7) is 7.72. The number of carboxylic acid groups (broad SMARTS) is 1. The van der Waals surface area contributed by atoms with E-state index in [9.17, 15) is 9.59 Å². The van der Waals surface area contributed by atoms with Gasteiger partial charge in [0.15, 0.2) is 0 Å². The van der Waals surface area contributed by atoms with Gasteiger partial charge in [-0.05, 0) is 29.1 Å². The van der Waals surface area contributed by atoms with Crippen LogP contribution in [0.15, 0.2) is 35.3 Å². The minimum Gasteiger partial charge on any atom is -0.481 e. The molecule has 1 N–H and O–H groups in total. The van der Waals surface area contributed by atoms with E-state index in [-0.39, 0.29) is 18.7 Å². The molecule has 0 radical (unpaired) electrons. The highest BCUT2D eigenvalue weighted by molar-refractivity contribution is 6.76. The highest BCUT2D eigenvalue weighted by Gasteiger charge is 2.12. The molecule has 0 aliphatic heterocycles. The molecule has 2 rings (SSSR count). The maximum Gasteiger partial charge on any atom is 0.307 e. The zero-order chi connectivity index (χ0) is 17.0. The topological polar surface area (TPSA) is 68.5 Å². The fraction of sp³-hybridized carbons (Fsp3) is 0.412. The van der Waals surface area contributed by atoms with Gasteiger partial charge in [-0.15, -0.1) is 0 Å². The summed E-state index contributed by atoms with van der Waals surface area (Å²) < 4.78 is 7.15. The Morgan fingerprint density at radius 3 is 2.61 bits per heavy atom. The Kier molecular flexibility index (Phi) is 5.38. The molecule has 0 atom stereocenters. The Balaban J connectivity index is 2.19. The van der Waals surface area contributed by atoms with Crippen LogP contribution in [0.25, 0.3) is 10.8 Å². The van der Waals surface area contributed by atoms with Crippen molar-refractivity contribution in [3.8, 4) is 0 Å². The van der Waals surface area contributed by atoms with Gasteiger partial charge in [-0.2, -0.15) is 0 Å². The predicted octanol–water partition coefficient (Wildman–Crippen LogP) is 2.94. The first-order valence-electron chi connectivity index (χ1n) is 7.68. The third kappa shape index (κ3) is 4.77. The number of carboxylic acids is 1. The van der Waals surface area contributed by atoms with Crippen LogP contribution in [0.2, 0.25) is 25.7 Å². The summed E-state index contributed by atoms with van der Waals surface area (Å²) in [6.07, 6.45) is 1.58. The van der Waals surface area contributed by atoms with Crippen LogP contribution in [0.1, 0.15) is 5.56 Å². The molecule has 0 spiro atoms. The maximum atomic E-state index is 12.5. The SMILES string of the molecule is C[Si](C)(C)CCOCn1ccc2c(CC(=O)O)cccc2c1=O. The van der Waals surface area contributed by atoms with Crippen molar-refractivity contribution >= 4 is 24.8 Å². The molecule has 0 aliphatic rings. The van der Waals surface area contributed by atoms with Gasteiger partial charge in [0.2, 0.25) is 0 Å². The van der Waals surface area contributed by atoms with Gasteiger partial charge < -0.3 is 9.84 Å². The second kappa shape index (κ2) is 7.10. The lowest BCUT2D eigenvalue weighted by Gasteiger charge is -2.16. The van der Waals surface area contributed by atoms with Gasteiger partial charge in [0.05, 0.1) is 6.42 Å². The van der Waals surface area contributed by atoms with Crippen molar-refractivity contribution in [2.24, 2.45) is 0 Å². The summed E-state index contributed by atoms with van der Waals surface area (Å²) in [5.74, 6) is -0.906. The second-order valence-corrected chi connectivity index (χ2v) is 12.5. The second-order valence-electron chi connectivity index (χ2n) is 6.89. The lowest BCUT2D eigenvalue weighted by atomic mass is 10.0. The minimum atomic E-state index is -1.14. The van der Waals surface area contributed by atoms with Crippen molar-refractivity contribution in [2.45, 2.75) is 38.8 Å². The normalized spacial score (nSPS) is 11.8. The smallest absolute Gasteiger partial charge is 0.307 e. The standard InChI is InChI=1S/C17H23NO4Si/c1-23(2,3)10-9-22-12-18-8-7-14-13(11-16(19)20)5-4-6-15(14)17(18)21/h4-8H,9-12H2,1-3H3,(H,19,20). The number of fused-ring (bicyclic) bond motifs is 1. The van der Waals surface area contributed by atoms with Gasteiger partial charge >= 0.3 is 5.97 Å². The molecule has 6 heteroatoms. The summed E-state index contributed by atoms with van der Waals surface area (Å²) in [7, 11) is -1.14. The number of hydrogen-bond acceptors (Lipinski definition) is 3. The Morgan fingerprint density at radius 2 is 1.96 bits per heavy atom. The molecule has 0 aliphatic carbocycles. The largest absolute Gasteiger partial charge is 0.481 e. The van der Waals surface area contributed by atoms with E-state index >= 15 is 0 Å². The average Bonchev–Trinajstić information content (AvgIpc) is 2.44. The molecular weight excluding hydrogens is 310 g/mol. The Labute approximate surface area is 136 Å². The molecule has 2 aromatic rings. The van der Waals surface area contributed by atoms with E-state index in [4.69, 9.17) is 9.84 Å². The first kappa shape index (κ1) is 17.4. The van der Waals surface area contributed by atoms with Crippen LogP contribution in [0.4, 0.5) is 0 Å². The van der Waals surface area contributed by atoms with Gasteiger partial charge in [0.1, 0.15) is 6.73 Å². The molecule has 0 fully saturated rings. The van der Waals surface area contributed by atoms with Gasteiger partial charge in [-0.1, -0.05) is 31.8 Å². The summed E-state index contributed by atoms with van der Waals surface area (Å²) in [5.41, 5.74) is 0.502. The van der Waals surface area contributed by atoms with Crippen molar-refractivity contribution in [3.05, 3.63) is 46.4 Å². The van der Waals surface area contributed by atoms with Crippen LogP contribution >= 0.6 is 0 Å². The lowest BCUT2D eigenvalue weighted by Crippen LogP contribution is -2.24. The number of rotatable bonds is 7. The number of pyridine rings is 1. The number of hydrogen-bond donors (Lipinski definition) is 1. The maximum absolute atomic E-state index is 12.5. The van der Waals surface area contributed by atoms with Gasteiger partial charge in [-0.3, -0.25) is 14.2 Å². The lowest BCUT2D eigenvalue weighted by molar-refractivity contribution is -0.136. The molecule has 0 saturated carbocycles. The minimum absolute atomic E-state index is 0.0898.